The van der Waals surface area contributed by atoms with Crippen molar-refractivity contribution in [3.05, 3.63) is 35.1 Å². The average Bonchev–Trinajstić information content (AvgIpc) is 3.53. The molecular formula is C26H28ClFN8OS. The van der Waals surface area contributed by atoms with Crippen molar-refractivity contribution < 1.29 is 9.13 Å². The molecule has 5 heterocycles. The normalized spacial score (nSPS) is 22.5. The molecule has 0 radical (unpaired) electrons. The number of halogens is 2. The highest BCUT2D eigenvalue weighted by Gasteiger charge is 2.40. The number of morpholine rings is 1. The number of benzene rings is 2. The van der Waals surface area contributed by atoms with E-state index in [-0.39, 0.29) is 23.2 Å². The number of thiazole rings is 1. The smallest absolute Gasteiger partial charge is 0.228 e. The molecule has 4 aromatic rings. The van der Waals surface area contributed by atoms with Gasteiger partial charge in [-0.3, -0.25) is 4.90 Å². The van der Waals surface area contributed by atoms with Crippen LogP contribution in [0.4, 0.5) is 21.3 Å². The molecule has 12 heteroatoms. The van der Waals surface area contributed by atoms with Gasteiger partial charge in [0.15, 0.2) is 10.9 Å². The van der Waals surface area contributed by atoms with Crippen molar-refractivity contribution >= 4 is 61.0 Å². The number of nitrogens with zero attached hydrogens (tertiary/aromatic N) is 6. The lowest BCUT2D eigenvalue weighted by Gasteiger charge is -2.33. The molecule has 0 aliphatic carbocycles. The molecule has 0 amide bonds. The molecule has 3 aliphatic rings. The highest BCUT2D eigenvalue weighted by molar-refractivity contribution is 7.22. The monoisotopic (exact) mass is 554 g/mol. The number of nitrogens with two attached hydrogens (primary N) is 1. The van der Waals surface area contributed by atoms with Crippen molar-refractivity contribution in [3.63, 3.8) is 0 Å². The van der Waals surface area contributed by atoms with E-state index in [0.717, 1.165) is 44.0 Å². The lowest BCUT2D eigenvalue weighted by atomic mass is 10.0. The second-order valence-electron chi connectivity index (χ2n) is 10.1. The van der Waals surface area contributed by atoms with E-state index in [4.69, 9.17) is 32.0 Å². The quantitative estimate of drug-likeness (QED) is 0.396. The summed E-state index contributed by atoms with van der Waals surface area (Å²) < 4.78 is 23.5. The summed E-state index contributed by atoms with van der Waals surface area (Å²) in [5, 5.41) is 4.71. The standard InChI is InChI=1S/C26H28ClFN8OS/c1-34-9-10-37-18-13-36(12-17(18)34)26-32-23-15(24(33-26)35-7-5-30-6-8-35)11-16(27)20(21(23)28)14-3-2-4-19-22(14)31-25(29)38-19/h2-4,11,17-18,30H,5-10,12-13H2,1H3,(H2,29,31)/t17-,18-/m1/s1. The maximum absolute atomic E-state index is 16.6. The molecule has 38 heavy (non-hydrogen) atoms. The molecule has 7 rings (SSSR count). The number of para-hydroxylation sites is 1. The fraction of sp³-hybridized carbons (Fsp3) is 0.423. The molecule has 0 unspecified atom stereocenters. The van der Waals surface area contributed by atoms with E-state index >= 15 is 4.39 Å². The Morgan fingerprint density at radius 2 is 1.95 bits per heavy atom. The van der Waals surface area contributed by atoms with Gasteiger partial charge in [-0.05, 0) is 19.2 Å². The third-order valence-corrected chi connectivity index (χ3v) is 8.98. The Balaban J connectivity index is 1.41. The predicted octanol–water partition coefficient (Wildman–Crippen LogP) is 3.21. The zero-order valence-corrected chi connectivity index (χ0v) is 22.5. The van der Waals surface area contributed by atoms with Crippen LogP contribution in [0.3, 0.4) is 0 Å². The summed E-state index contributed by atoms with van der Waals surface area (Å²) in [5.41, 5.74) is 7.76. The van der Waals surface area contributed by atoms with Crippen LogP contribution >= 0.6 is 22.9 Å². The Morgan fingerprint density at radius 3 is 2.76 bits per heavy atom. The van der Waals surface area contributed by atoms with Gasteiger partial charge in [0.25, 0.3) is 0 Å². The van der Waals surface area contributed by atoms with Crippen LogP contribution in [0.1, 0.15) is 0 Å². The summed E-state index contributed by atoms with van der Waals surface area (Å²) in [6, 6.07) is 7.67. The molecule has 3 N–H and O–H groups in total. The van der Waals surface area contributed by atoms with E-state index in [9.17, 15) is 0 Å². The summed E-state index contributed by atoms with van der Waals surface area (Å²) in [6.07, 6.45) is 0.0778. The van der Waals surface area contributed by atoms with Crippen LogP contribution in [0.25, 0.3) is 32.2 Å². The third kappa shape index (κ3) is 3.95. The molecule has 3 aliphatic heterocycles. The Morgan fingerprint density at radius 1 is 1.11 bits per heavy atom. The first-order valence-electron chi connectivity index (χ1n) is 12.9. The van der Waals surface area contributed by atoms with E-state index in [1.165, 1.54) is 11.3 Å². The highest BCUT2D eigenvalue weighted by Crippen LogP contribution is 2.42. The Labute approximate surface area is 228 Å². The Bertz CT molecular complexity index is 1540. The summed E-state index contributed by atoms with van der Waals surface area (Å²) in [6.45, 7) is 6.18. The van der Waals surface area contributed by atoms with Crippen LogP contribution in [-0.2, 0) is 4.74 Å². The maximum atomic E-state index is 16.6. The van der Waals surface area contributed by atoms with Gasteiger partial charge in [0.1, 0.15) is 11.3 Å². The molecule has 3 fully saturated rings. The first-order valence-corrected chi connectivity index (χ1v) is 14.0. The molecular weight excluding hydrogens is 527 g/mol. The van der Waals surface area contributed by atoms with Crippen molar-refractivity contribution in [1.29, 1.82) is 0 Å². The number of likely N-dealkylation sites (N-methyl/N-ethyl adjacent to an activating group) is 1. The minimum absolute atomic E-state index is 0.0778. The highest BCUT2D eigenvalue weighted by atomic mass is 35.5. The zero-order chi connectivity index (χ0) is 26.0. The number of hydrogen-bond acceptors (Lipinski definition) is 10. The molecule has 2 aromatic heterocycles. The third-order valence-electron chi connectivity index (χ3n) is 7.83. The predicted molar refractivity (Wildman–Crippen MR) is 151 cm³/mol. The lowest BCUT2D eigenvalue weighted by Crippen LogP contribution is -2.48. The molecule has 9 nitrogen and oxygen atoms in total. The number of ether oxygens (including phenoxy) is 1. The largest absolute Gasteiger partial charge is 0.375 e. The average molecular weight is 555 g/mol. The molecule has 2 aromatic carbocycles. The van der Waals surface area contributed by atoms with Gasteiger partial charge in [-0.2, -0.15) is 4.98 Å². The number of nitrogens with one attached hydrogen (secondary N) is 1. The SMILES string of the molecule is CN1CCO[C@@H]2CN(c3nc(N4CCNCC4)c4cc(Cl)c(-c5cccc6sc(N)nc56)c(F)c4n3)C[C@H]21. The van der Waals surface area contributed by atoms with Crippen molar-refractivity contribution in [1.82, 2.24) is 25.2 Å². The molecule has 0 saturated carbocycles. The number of anilines is 3. The van der Waals surface area contributed by atoms with Crippen molar-refractivity contribution in [3.8, 4) is 11.1 Å². The topological polar surface area (TPSA) is 95.7 Å². The zero-order valence-electron chi connectivity index (χ0n) is 21.0. The van der Waals surface area contributed by atoms with Gasteiger partial charge < -0.3 is 25.6 Å². The van der Waals surface area contributed by atoms with Gasteiger partial charge >= 0.3 is 0 Å². The number of aromatic nitrogens is 3. The summed E-state index contributed by atoms with van der Waals surface area (Å²) >= 11 is 8.18. The summed E-state index contributed by atoms with van der Waals surface area (Å²) in [7, 11) is 2.12. The van der Waals surface area contributed by atoms with E-state index in [1.807, 2.05) is 18.2 Å². The fourth-order valence-corrected chi connectivity index (χ4v) is 6.92. The summed E-state index contributed by atoms with van der Waals surface area (Å²) in [5.74, 6) is 0.747. The van der Waals surface area contributed by atoms with Crippen LogP contribution in [0, 0.1) is 5.82 Å². The number of nitrogen functional groups attached to an aromatic ring is 1. The minimum Gasteiger partial charge on any atom is -0.375 e. The second-order valence-corrected chi connectivity index (χ2v) is 11.6. The van der Waals surface area contributed by atoms with Gasteiger partial charge in [-0.1, -0.05) is 35.1 Å². The maximum Gasteiger partial charge on any atom is 0.228 e. The van der Waals surface area contributed by atoms with Crippen LogP contribution in [0.15, 0.2) is 24.3 Å². The number of hydrogen-bond donors (Lipinski definition) is 2. The van der Waals surface area contributed by atoms with Crippen molar-refractivity contribution in [2.45, 2.75) is 12.1 Å². The Kier molecular flexibility index (Phi) is 6.01. The number of piperazine rings is 1. The van der Waals surface area contributed by atoms with Gasteiger partial charge in [0, 0.05) is 62.3 Å². The van der Waals surface area contributed by atoms with E-state index in [0.29, 0.717) is 51.5 Å². The van der Waals surface area contributed by atoms with Gasteiger partial charge in [-0.25, -0.2) is 14.4 Å². The van der Waals surface area contributed by atoms with Gasteiger partial charge in [-0.15, -0.1) is 0 Å². The van der Waals surface area contributed by atoms with E-state index in [2.05, 4.69) is 32.0 Å². The van der Waals surface area contributed by atoms with Crippen molar-refractivity contribution in [2.24, 2.45) is 0 Å². The lowest BCUT2D eigenvalue weighted by molar-refractivity contribution is -0.0362. The van der Waals surface area contributed by atoms with E-state index < -0.39 is 5.82 Å². The van der Waals surface area contributed by atoms with Crippen LogP contribution in [-0.4, -0.2) is 91.5 Å². The molecule has 0 bridgehead atoms. The van der Waals surface area contributed by atoms with Gasteiger partial charge in [0.2, 0.25) is 5.95 Å². The number of fused-ring (bicyclic) bond motifs is 3. The van der Waals surface area contributed by atoms with E-state index in [1.54, 1.807) is 6.07 Å². The summed E-state index contributed by atoms with van der Waals surface area (Å²) in [4.78, 5) is 20.9. The molecule has 0 spiro atoms. The molecule has 198 valence electrons. The molecule has 3 saturated heterocycles. The molecule has 2 atom stereocenters. The van der Waals surface area contributed by atoms with Crippen molar-refractivity contribution in [2.75, 3.05) is 75.0 Å². The van der Waals surface area contributed by atoms with Gasteiger partial charge in [0.05, 0.1) is 34.0 Å². The minimum atomic E-state index is -0.475. The second kappa shape index (κ2) is 9.42. The van der Waals surface area contributed by atoms with Crippen LogP contribution in [0.5, 0.6) is 0 Å². The Hall–Kier alpha value is -2.83. The fourth-order valence-electron chi connectivity index (χ4n) is 5.86. The van der Waals surface area contributed by atoms with Crippen LogP contribution in [0.2, 0.25) is 5.02 Å². The van der Waals surface area contributed by atoms with Crippen LogP contribution < -0.4 is 20.9 Å². The first kappa shape index (κ1) is 24.2. The first-order chi connectivity index (χ1) is 18.5. The number of rotatable bonds is 3.